The van der Waals surface area contributed by atoms with Crippen molar-refractivity contribution in [1.29, 1.82) is 0 Å². The molecule has 0 spiro atoms. The summed E-state index contributed by atoms with van der Waals surface area (Å²) in [5.74, 6) is 2.53. The van der Waals surface area contributed by atoms with Gasteiger partial charge in [-0.05, 0) is 62.1 Å². The standard InChI is InChI=1S/C14H18N4/c1-9-6-7-18-12(8-9)15-14(17-18)16-13(10-2-3-10)11-4-5-11/h6-8,10-11,13H,2-5H2,1H3,(H,16,17). The fourth-order valence-corrected chi connectivity index (χ4v) is 2.72. The summed E-state index contributed by atoms with van der Waals surface area (Å²) < 4.78 is 1.85. The van der Waals surface area contributed by atoms with Crippen molar-refractivity contribution in [3.8, 4) is 0 Å². The topological polar surface area (TPSA) is 42.2 Å². The van der Waals surface area contributed by atoms with E-state index >= 15 is 0 Å². The van der Waals surface area contributed by atoms with Gasteiger partial charge >= 0.3 is 0 Å². The lowest BCUT2D eigenvalue weighted by molar-refractivity contribution is 0.563. The summed E-state index contributed by atoms with van der Waals surface area (Å²) in [6.07, 6.45) is 7.48. The van der Waals surface area contributed by atoms with Crippen LogP contribution in [0.15, 0.2) is 18.3 Å². The average molecular weight is 242 g/mol. The Balaban J connectivity index is 1.61. The fraction of sp³-hybridized carbons (Fsp3) is 0.571. The van der Waals surface area contributed by atoms with E-state index in [1.165, 1.54) is 31.2 Å². The number of nitrogens with one attached hydrogen (secondary N) is 1. The number of fused-ring (bicyclic) bond motifs is 1. The average Bonchev–Trinajstić information content (AvgIpc) is 3.23. The first-order valence-electron chi connectivity index (χ1n) is 6.89. The van der Waals surface area contributed by atoms with Gasteiger partial charge in [0.1, 0.15) is 0 Å². The summed E-state index contributed by atoms with van der Waals surface area (Å²) in [7, 11) is 0. The molecule has 2 aromatic rings. The normalized spacial score (nSPS) is 19.7. The number of aryl methyl sites for hydroxylation is 1. The lowest BCUT2D eigenvalue weighted by atomic mass is 10.1. The van der Waals surface area contributed by atoms with Gasteiger partial charge in [-0.1, -0.05) is 0 Å². The van der Waals surface area contributed by atoms with Crippen LogP contribution in [-0.4, -0.2) is 20.6 Å². The van der Waals surface area contributed by atoms with Crippen molar-refractivity contribution in [2.45, 2.75) is 38.6 Å². The van der Waals surface area contributed by atoms with E-state index in [9.17, 15) is 0 Å². The molecule has 0 atom stereocenters. The van der Waals surface area contributed by atoms with Crippen molar-refractivity contribution in [3.05, 3.63) is 23.9 Å². The molecule has 0 aliphatic heterocycles. The maximum Gasteiger partial charge on any atom is 0.243 e. The minimum absolute atomic E-state index is 0.614. The zero-order chi connectivity index (χ0) is 12.1. The molecule has 1 N–H and O–H groups in total. The summed E-state index contributed by atoms with van der Waals surface area (Å²) in [5.41, 5.74) is 2.16. The zero-order valence-corrected chi connectivity index (χ0v) is 10.6. The highest BCUT2D eigenvalue weighted by atomic mass is 15.3. The maximum absolute atomic E-state index is 4.57. The molecule has 0 bridgehead atoms. The van der Waals surface area contributed by atoms with Gasteiger partial charge in [0.05, 0.1) is 0 Å². The van der Waals surface area contributed by atoms with Crippen molar-refractivity contribution in [3.63, 3.8) is 0 Å². The predicted octanol–water partition coefficient (Wildman–Crippen LogP) is 2.64. The predicted molar refractivity (Wildman–Crippen MR) is 70.6 cm³/mol. The lowest BCUT2D eigenvalue weighted by Crippen LogP contribution is -2.24. The van der Waals surface area contributed by atoms with E-state index in [2.05, 4.69) is 34.5 Å². The smallest absolute Gasteiger partial charge is 0.243 e. The van der Waals surface area contributed by atoms with Crippen LogP contribution in [0.3, 0.4) is 0 Å². The van der Waals surface area contributed by atoms with Crippen LogP contribution in [0.5, 0.6) is 0 Å². The molecule has 4 heteroatoms. The molecular formula is C14H18N4. The van der Waals surface area contributed by atoms with Crippen LogP contribution in [0.4, 0.5) is 5.95 Å². The number of nitrogens with zero attached hydrogens (tertiary/aromatic N) is 3. The monoisotopic (exact) mass is 242 g/mol. The van der Waals surface area contributed by atoms with E-state index in [0.29, 0.717) is 6.04 Å². The van der Waals surface area contributed by atoms with Crippen molar-refractivity contribution in [2.75, 3.05) is 5.32 Å². The Kier molecular flexibility index (Phi) is 2.13. The van der Waals surface area contributed by atoms with E-state index in [1.807, 2.05) is 10.7 Å². The molecule has 4 rings (SSSR count). The maximum atomic E-state index is 4.57. The minimum atomic E-state index is 0.614. The highest BCUT2D eigenvalue weighted by Crippen LogP contribution is 2.45. The Hall–Kier alpha value is -1.58. The summed E-state index contributed by atoms with van der Waals surface area (Å²) in [6, 6.07) is 4.75. The van der Waals surface area contributed by atoms with Crippen LogP contribution < -0.4 is 5.32 Å². The van der Waals surface area contributed by atoms with Crippen LogP contribution in [0, 0.1) is 18.8 Å². The van der Waals surface area contributed by atoms with E-state index in [-0.39, 0.29) is 0 Å². The van der Waals surface area contributed by atoms with Crippen molar-refractivity contribution in [1.82, 2.24) is 14.6 Å². The highest BCUT2D eigenvalue weighted by molar-refractivity contribution is 5.45. The second-order valence-corrected chi connectivity index (χ2v) is 5.79. The van der Waals surface area contributed by atoms with Gasteiger partial charge in [0.2, 0.25) is 5.95 Å². The molecule has 94 valence electrons. The van der Waals surface area contributed by atoms with Gasteiger partial charge in [-0.25, -0.2) is 4.52 Å². The van der Waals surface area contributed by atoms with Gasteiger partial charge in [0.25, 0.3) is 0 Å². The molecule has 2 aromatic heterocycles. The third kappa shape index (κ3) is 1.85. The molecule has 2 fully saturated rings. The molecule has 0 saturated heterocycles. The second kappa shape index (κ2) is 3.70. The molecule has 2 heterocycles. The molecule has 2 saturated carbocycles. The minimum Gasteiger partial charge on any atom is -0.350 e. The van der Waals surface area contributed by atoms with Crippen LogP contribution in [0.25, 0.3) is 5.65 Å². The van der Waals surface area contributed by atoms with E-state index in [4.69, 9.17) is 0 Å². The van der Waals surface area contributed by atoms with Crippen molar-refractivity contribution < 1.29 is 0 Å². The highest BCUT2D eigenvalue weighted by Gasteiger charge is 2.41. The Morgan fingerprint density at radius 3 is 2.67 bits per heavy atom. The summed E-state index contributed by atoms with van der Waals surface area (Å²) >= 11 is 0. The SMILES string of the molecule is Cc1ccn2nc(NC(C3CC3)C3CC3)nc2c1. The molecule has 2 aliphatic carbocycles. The number of aromatic nitrogens is 3. The Morgan fingerprint density at radius 1 is 1.28 bits per heavy atom. The first kappa shape index (κ1) is 10.4. The molecule has 4 nitrogen and oxygen atoms in total. The first-order chi connectivity index (χ1) is 8.79. The van der Waals surface area contributed by atoms with Gasteiger partial charge in [-0.2, -0.15) is 4.98 Å². The zero-order valence-electron chi connectivity index (χ0n) is 10.6. The number of anilines is 1. The van der Waals surface area contributed by atoms with E-state index in [0.717, 1.165) is 23.4 Å². The quantitative estimate of drug-likeness (QED) is 0.896. The molecule has 0 aromatic carbocycles. The third-order valence-corrected chi connectivity index (χ3v) is 4.05. The molecular weight excluding hydrogens is 224 g/mol. The largest absolute Gasteiger partial charge is 0.350 e. The Labute approximate surface area is 106 Å². The van der Waals surface area contributed by atoms with Crippen molar-refractivity contribution >= 4 is 11.6 Å². The molecule has 0 radical (unpaired) electrons. The fourth-order valence-electron chi connectivity index (χ4n) is 2.72. The van der Waals surface area contributed by atoms with Gasteiger partial charge < -0.3 is 5.32 Å². The third-order valence-electron chi connectivity index (χ3n) is 4.05. The molecule has 0 unspecified atom stereocenters. The number of pyridine rings is 1. The van der Waals surface area contributed by atoms with Crippen molar-refractivity contribution in [2.24, 2.45) is 11.8 Å². The van der Waals surface area contributed by atoms with Gasteiger partial charge in [-0.3, -0.25) is 0 Å². The van der Waals surface area contributed by atoms with Gasteiger partial charge in [0.15, 0.2) is 5.65 Å². The van der Waals surface area contributed by atoms with E-state index in [1.54, 1.807) is 0 Å². The van der Waals surface area contributed by atoms with Crippen LogP contribution in [0.2, 0.25) is 0 Å². The summed E-state index contributed by atoms with van der Waals surface area (Å²) in [5, 5.41) is 8.08. The van der Waals surface area contributed by atoms with Crippen LogP contribution in [0.1, 0.15) is 31.2 Å². The summed E-state index contributed by atoms with van der Waals surface area (Å²) in [6.45, 7) is 2.08. The van der Waals surface area contributed by atoms with Gasteiger partial charge in [-0.15, -0.1) is 5.10 Å². The Morgan fingerprint density at radius 2 is 2.00 bits per heavy atom. The molecule has 2 aliphatic rings. The van der Waals surface area contributed by atoms with Crippen LogP contribution in [-0.2, 0) is 0 Å². The second-order valence-electron chi connectivity index (χ2n) is 5.79. The number of hydrogen-bond donors (Lipinski definition) is 1. The van der Waals surface area contributed by atoms with Gasteiger partial charge in [0, 0.05) is 12.2 Å². The summed E-state index contributed by atoms with van der Waals surface area (Å²) in [4.78, 5) is 4.57. The van der Waals surface area contributed by atoms with Crippen LogP contribution >= 0.6 is 0 Å². The lowest BCUT2D eigenvalue weighted by Gasteiger charge is -2.15. The first-order valence-corrected chi connectivity index (χ1v) is 6.89. The molecule has 0 amide bonds. The molecule has 18 heavy (non-hydrogen) atoms. The number of hydrogen-bond acceptors (Lipinski definition) is 3. The Bertz CT molecular complexity index is 568. The number of rotatable bonds is 4. The van der Waals surface area contributed by atoms with E-state index < -0.39 is 0 Å².